The summed E-state index contributed by atoms with van der Waals surface area (Å²) in [5, 5.41) is 0. The second-order valence-corrected chi connectivity index (χ2v) is 8.08. The SMILES string of the molecule is Nc1nc2cc(F)c(C(=O)N3C[C@H](F)CCC3c3ccc(C(F)(F)F)cn3)cc2n2cncc12. The van der Waals surface area contributed by atoms with Crippen molar-refractivity contribution in [3.05, 3.63) is 65.6 Å². The Labute approximate surface area is 189 Å². The first-order chi connectivity index (χ1) is 16.1. The van der Waals surface area contributed by atoms with Crippen molar-refractivity contribution in [2.45, 2.75) is 31.2 Å². The van der Waals surface area contributed by atoms with Crippen molar-refractivity contribution >= 4 is 28.3 Å². The molecule has 176 valence electrons. The highest BCUT2D eigenvalue weighted by molar-refractivity contribution is 5.98. The summed E-state index contributed by atoms with van der Waals surface area (Å²) in [7, 11) is 0. The largest absolute Gasteiger partial charge is 0.417 e. The molecule has 2 atom stereocenters. The van der Waals surface area contributed by atoms with E-state index in [1.807, 2.05) is 0 Å². The Bertz CT molecular complexity index is 1400. The number of nitrogen functional groups attached to an aromatic ring is 1. The molecule has 7 nitrogen and oxygen atoms in total. The molecule has 0 saturated carbocycles. The zero-order valence-corrected chi connectivity index (χ0v) is 17.4. The third-order valence-corrected chi connectivity index (χ3v) is 5.94. The number of alkyl halides is 4. The van der Waals surface area contributed by atoms with Gasteiger partial charge in [-0.1, -0.05) is 0 Å². The van der Waals surface area contributed by atoms with Crippen molar-refractivity contribution in [2.24, 2.45) is 0 Å². The molecule has 0 bridgehead atoms. The van der Waals surface area contributed by atoms with Gasteiger partial charge in [-0.25, -0.2) is 18.7 Å². The molecule has 0 aliphatic carbocycles. The molecule has 1 aliphatic rings. The minimum atomic E-state index is -4.57. The Balaban J connectivity index is 1.56. The lowest BCUT2D eigenvalue weighted by molar-refractivity contribution is -0.137. The standard InChI is InChI=1S/C22H17F5N6O/c23-12-2-4-17(15-3-1-11(7-30-15)22(25,26)27)32(9-12)21(34)13-5-18-16(6-14(13)24)31-20(28)19-8-29-10-33(18)19/h1,3,5-8,10,12,17H,2,4,9H2,(H2,28,31)/t12-,17?/m1/s1. The average Bonchev–Trinajstić information content (AvgIpc) is 3.29. The van der Waals surface area contributed by atoms with E-state index in [4.69, 9.17) is 5.73 Å². The molecule has 0 radical (unpaired) electrons. The summed E-state index contributed by atoms with van der Waals surface area (Å²) in [4.78, 5) is 26.5. The van der Waals surface area contributed by atoms with Crippen LogP contribution >= 0.6 is 0 Å². The fourth-order valence-corrected chi connectivity index (χ4v) is 4.24. The summed E-state index contributed by atoms with van der Waals surface area (Å²) < 4.78 is 69.6. The molecule has 3 aromatic heterocycles. The van der Waals surface area contributed by atoms with E-state index in [1.165, 1.54) is 18.6 Å². The number of rotatable bonds is 2. The molecule has 1 unspecified atom stereocenters. The first-order valence-electron chi connectivity index (χ1n) is 10.3. The predicted octanol–water partition coefficient (Wildman–Crippen LogP) is 4.33. The summed E-state index contributed by atoms with van der Waals surface area (Å²) in [6.07, 6.45) is -2.13. The van der Waals surface area contributed by atoms with Crippen LogP contribution in [0.1, 0.15) is 40.5 Å². The molecule has 5 rings (SSSR count). The zero-order valence-electron chi connectivity index (χ0n) is 17.4. The smallest absolute Gasteiger partial charge is 0.382 e. The molecule has 4 heterocycles. The number of pyridine rings is 1. The zero-order chi connectivity index (χ0) is 24.2. The summed E-state index contributed by atoms with van der Waals surface area (Å²) in [6.45, 7) is -0.343. The van der Waals surface area contributed by atoms with Crippen LogP contribution in [0.25, 0.3) is 16.6 Å². The van der Waals surface area contributed by atoms with E-state index in [2.05, 4.69) is 15.0 Å². The second kappa shape index (κ2) is 7.89. The van der Waals surface area contributed by atoms with Crippen LogP contribution in [-0.2, 0) is 6.18 Å². The number of piperidine rings is 1. The summed E-state index contributed by atoms with van der Waals surface area (Å²) >= 11 is 0. The Hall–Kier alpha value is -3.83. The van der Waals surface area contributed by atoms with Crippen molar-refractivity contribution in [2.75, 3.05) is 12.3 Å². The molecule has 0 spiro atoms. The van der Waals surface area contributed by atoms with Crippen LogP contribution in [0, 0.1) is 5.82 Å². The van der Waals surface area contributed by atoms with Gasteiger partial charge in [-0.2, -0.15) is 13.2 Å². The first-order valence-corrected chi connectivity index (χ1v) is 10.3. The third-order valence-electron chi connectivity index (χ3n) is 5.94. The minimum absolute atomic E-state index is 0.0935. The van der Waals surface area contributed by atoms with Crippen molar-refractivity contribution in [3.63, 3.8) is 0 Å². The second-order valence-electron chi connectivity index (χ2n) is 8.08. The van der Waals surface area contributed by atoms with Crippen LogP contribution < -0.4 is 5.73 Å². The molecule has 1 aromatic carbocycles. The Morgan fingerprint density at radius 3 is 2.62 bits per heavy atom. The van der Waals surface area contributed by atoms with E-state index in [-0.39, 0.29) is 42.0 Å². The highest BCUT2D eigenvalue weighted by Gasteiger charge is 2.36. The molecule has 1 saturated heterocycles. The highest BCUT2D eigenvalue weighted by atomic mass is 19.4. The van der Waals surface area contributed by atoms with Gasteiger partial charge in [0, 0.05) is 12.3 Å². The molecule has 1 amide bonds. The molecule has 4 aromatic rings. The van der Waals surface area contributed by atoms with E-state index in [9.17, 15) is 22.4 Å². The monoisotopic (exact) mass is 476 g/mol. The van der Waals surface area contributed by atoms with Crippen LogP contribution in [0.4, 0.5) is 27.8 Å². The highest BCUT2D eigenvalue weighted by Crippen LogP contribution is 2.35. The van der Waals surface area contributed by atoms with Crippen molar-refractivity contribution in [3.8, 4) is 0 Å². The maximum Gasteiger partial charge on any atom is 0.417 e. The Morgan fingerprint density at radius 2 is 1.91 bits per heavy atom. The number of anilines is 1. The van der Waals surface area contributed by atoms with E-state index in [0.29, 0.717) is 17.2 Å². The number of nitrogens with two attached hydrogens (primary N) is 1. The van der Waals surface area contributed by atoms with Crippen LogP contribution in [0.2, 0.25) is 0 Å². The van der Waals surface area contributed by atoms with Crippen LogP contribution in [-0.4, -0.2) is 42.9 Å². The number of nitrogens with zero attached hydrogens (tertiary/aromatic N) is 5. The maximum atomic E-state index is 15.0. The Kier molecular flexibility index (Phi) is 5.10. The van der Waals surface area contributed by atoms with E-state index in [0.717, 1.165) is 23.1 Å². The molecular formula is C22H17F5N6O. The van der Waals surface area contributed by atoms with Crippen molar-refractivity contribution < 1.29 is 26.7 Å². The summed E-state index contributed by atoms with van der Waals surface area (Å²) in [6, 6.07) is 3.54. The molecule has 34 heavy (non-hydrogen) atoms. The van der Waals surface area contributed by atoms with Crippen LogP contribution in [0.3, 0.4) is 0 Å². The number of benzene rings is 1. The fourth-order valence-electron chi connectivity index (χ4n) is 4.24. The quantitative estimate of drug-likeness (QED) is 0.435. The molecule has 12 heteroatoms. The Morgan fingerprint density at radius 1 is 1.12 bits per heavy atom. The third kappa shape index (κ3) is 3.68. The molecule has 1 fully saturated rings. The van der Waals surface area contributed by atoms with Crippen molar-refractivity contribution in [1.82, 2.24) is 24.3 Å². The molecule has 1 aliphatic heterocycles. The number of fused-ring (bicyclic) bond motifs is 3. The number of halogens is 5. The lowest BCUT2D eigenvalue weighted by Gasteiger charge is -2.37. The van der Waals surface area contributed by atoms with Gasteiger partial charge >= 0.3 is 6.18 Å². The van der Waals surface area contributed by atoms with Gasteiger partial charge in [0.05, 0.1) is 53.0 Å². The van der Waals surface area contributed by atoms with E-state index >= 15 is 4.39 Å². The van der Waals surface area contributed by atoms with Gasteiger partial charge in [0.2, 0.25) is 0 Å². The number of amides is 1. The number of hydrogen-bond acceptors (Lipinski definition) is 5. The van der Waals surface area contributed by atoms with E-state index < -0.39 is 35.7 Å². The van der Waals surface area contributed by atoms with E-state index in [1.54, 1.807) is 4.40 Å². The van der Waals surface area contributed by atoms with Gasteiger partial charge < -0.3 is 10.6 Å². The summed E-state index contributed by atoms with van der Waals surface area (Å²) in [5.41, 5.74) is 5.80. The number of carbonyl (C=O) groups excluding carboxylic acids is 1. The number of likely N-dealkylation sites (tertiary alicyclic amines) is 1. The van der Waals surface area contributed by atoms with Gasteiger partial charge in [0.15, 0.2) is 0 Å². The molecular weight excluding hydrogens is 459 g/mol. The maximum absolute atomic E-state index is 15.0. The van der Waals surface area contributed by atoms with Gasteiger partial charge in [-0.05, 0) is 31.0 Å². The lowest BCUT2D eigenvalue weighted by atomic mass is 9.96. The number of carbonyl (C=O) groups is 1. The van der Waals surface area contributed by atoms with Gasteiger partial charge in [-0.15, -0.1) is 0 Å². The molecule has 2 N–H and O–H groups in total. The number of imidazole rings is 1. The normalized spacial score (nSPS) is 19.1. The predicted molar refractivity (Wildman–Crippen MR) is 112 cm³/mol. The number of aromatic nitrogens is 4. The van der Waals surface area contributed by atoms with Gasteiger partial charge in [0.25, 0.3) is 5.91 Å². The topological polar surface area (TPSA) is 89.4 Å². The van der Waals surface area contributed by atoms with Crippen molar-refractivity contribution in [1.29, 1.82) is 0 Å². The summed E-state index contributed by atoms with van der Waals surface area (Å²) in [5.74, 6) is -1.56. The first kappa shape index (κ1) is 22.0. The van der Waals surface area contributed by atoms with Gasteiger partial charge in [-0.3, -0.25) is 14.2 Å². The fraction of sp³-hybridized carbons (Fsp3) is 0.273. The lowest BCUT2D eigenvalue weighted by Crippen LogP contribution is -2.43. The van der Waals surface area contributed by atoms with Crippen LogP contribution in [0.15, 0.2) is 43.0 Å². The van der Waals surface area contributed by atoms with Gasteiger partial charge in [0.1, 0.15) is 23.3 Å². The average molecular weight is 476 g/mol. The number of hydrogen-bond donors (Lipinski definition) is 1. The minimum Gasteiger partial charge on any atom is -0.382 e. The van der Waals surface area contributed by atoms with Crippen LogP contribution in [0.5, 0.6) is 0 Å².